The van der Waals surface area contributed by atoms with Crippen molar-refractivity contribution in [1.82, 2.24) is 4.90 Å². The number of nitrogens with two attached hydrogens (primary N) is 1. The predicted octanol–water partition coefficient (Wildman–Crippen LogP) is 2.44. The maximum atomic E-state index is 5.54. The molecule has 0 unspecified atom stereocenters. The van der Waals surface area contributed by atoms with Gasteiger partial charge in [0.05, 0.1) is 7.11 Å². The number of nitrogens with zero attached hydrogens (tertiary/aromatic N) is 1. The van der Waals surface area contributed by atoms with Crippen LogP contribution in [0.4, 0.5) is 0 Å². The number of rotatable bonds is 7. The van der Waals surface area contributed by atoms with Gasteiger partial charge in [-0.3, -0.25) is 0 Å². The van der Waals surface area contributed by atoms with Crippen LogP contribution in [0.3, 0.4) is 0 Å². The molecule has 0 amide bonds. The first-order valence-corrected chi connectivity index (χ1v) is 7.03. The third-order valence-corrected chi connectivity index (χ3v) is 3.92. The summed E-state index contributed by atoms with van der Waals surface area (Å²) < 4.78 is 5.42. The predicted molar refractivity (Wildman–Crippen MR) is 82.1 cm³/mol. The smallest absolute Gasteiger partial charge is 0.122 e. The molecule has 2 N–H and O–H groups in total. The largest absolute Gasteiger partial charge is 0.496 e. The van der Waals surface area contributed by atoms with E-state index in [0.717, 1.165) is 38.2 Å². The second kappa shape index (κ2) is 7.51. The topological polar surface area (TPSA) is 38.5 Å². The first-order chi connectivity index (χ1) is 9.01. The standard InChI is InChI=1S/C16H28N2O/c1-12-11-16(19-5)14(3)13(2)15(12)7-10-18(4)9-6-8-17/h11H,6-10,17H2,1-5H3. The Morgan fingerprint density at radius 2 is 1.84 bits per heavy atom. The molecule has 0 atom stereocenters. The van der Waals surface area contributed by atoms with Gasteiger partial charge in [0.2, 0.25) is 0 Å². The monoisotopic (exact) mass is 264 g/mol. The summed E-state index contributed by atoms with van der Waals surface area (Å²) in [6, 6.07) is 2.15. The lowest BCUT2D eigenvalue weighted by atomic mass is 9.95. The minimum absolute atomic E-state index is 0.768. The Bertz CT molecular complexity index is 416. The SMILES string of the molecule is COc1cc(C)c(CCN(C)CCCN)c(C)c1C. The van der Waals surface area contributed by atoms with Crippen LogP contribution in [0.1, 0.15) is 28.7 Å². The Labute approximate surface area is 117 Å². The highest BCUT2D eigenvalue weighted by molar-refractivity contribution is 5.48. The van der Waals surface area contributed by atoms with Gasteiger partial charge in [0, 0.05) is 6.54 Å². The first kappa shape index (κ1) is 16.0. The first-order valence-electron chi connectivity index (χ1n) is 7.03. The number of benzene rings is 1. The highest BCUT2D eigenvalue weighted by Crippen LogP contribution is 2.27. The maximum Gasteiger partial charge on any atom is 0.122 e. The van der Waals surface area contributed by atoms with E-state index in [2.05, 4.69) is 38.8 Å². The van der Waals surface area contributed by atoms with E-state index in [-0.39, 0.29) is 0 Å². The van der Waals surface area contributed by atoms with Crippen molar-refractivity contribution in [3.63, 3.8) is 0 Å². The molecule has 0 fully saturated rings. The van der Waals surface area contributed by atoms with Crippen LogP contribution in [0.25, 0.3) is 0 Å². The van der Waals surface area contributed by atoms with E-state index in [1.165, 1.54) is 22.3 Å². The number of hydrogen-bond acceptors (Lipinski definition) is 3. The van der Waals surface area contributed by atoms with E-state index >= 15 is 0 Å². The second-order valence-corrected chi connectivity index (χ2v) is 5.32. The number of hydrogen-bond donors (Lipinski definition) is 1. The van der Waals surface area contributed by atoms with Gasteiger partial charge in [-0.2, -0.15) is 0 Å². The molecule has 0 aliphatic carbocycles. The van der Waals surface area contributed by atoms with E-state index in [4.69, 9.17) is 10.5 Å². The van der Waals surface area contributed by atoms with E-state index in [1.54, 1.807) is 7.11 Å². The Morgan fingerprint density at radius 1 is 1.16 bits per heavy atom. The van der Waals surface area contributed by atoms with Crippen molar-refractivity contribution in [2.45, 2.75) is 33.6 Å². The van der Waals surface area contributed by atoms with Crippen LogP contribution < -0.4 is 10.5 Å². The van der Waals surface area contributed by atoms with Crippen LogP contribution in [0.5, 0.6) is 5.75 Å². The third kappa shape index (κ3) is 4.22. The van der Waals surface area contributed by atoms with Crippen molar-refractivity contribution < 1.29 is 4.74 Å². The van der Waals surface area contributed by atoms with Crippen LogP contribution in [0.2, 0.25) is 0 Å². The van der Waals surface area contributed by atoms with Crippen LogP contribution in [-0.4, -0.2) is 38.7 Å². The molecular formula is C16H28N2O. The normalized spacial score (nSPS) is 11.1. The van der Waals surface area contributed by atoms with Crippen molar-refractivity contribution in [3.8, 4) is 5.75 Å². The number of methoxy groups -OCH3 is 1. The fourth-order valence-electron chi connectivity index (χ4n) is 2.47. The minimum atomic E-state index is 0.768. The third-order valence-electron chi connectivity index (χ3n) is 3.92. The van der Waals surface area contributed by atoms with Crippen molar-refractivity contribution in [2.24, 2.45) is 5.73 Å². The molecule has 19 heavy (non-hydrogen) atoms. The van der Waals surface area contributed by atoms with E-state index in [9.17, 15) is 0 Å². The van der Waals surface area contributed by atoms with Crippen LogP contribution in [0.15, 0.2) is 6.07 Å². The molecule has 0 saturated carbocycles. The summed E-state index contributed by atoms with van der Waals surface area (Å²) in [6.07, 6.45) is 2.15. The van der Waals surface area contributed by atoms with Crippen molar-refractivity contribution >= 4 is 0 Å². The van der Waals surface area contributed by atoms with Gasteiger partial charge in [-0.25, -0.2) is 0 Å². The molecule has 3 heteroatoms. The van der Waals surface area contributed by atoms with Crippen molar-refractivity contribution in [1.29, 1.82) is 0 Å². The number of aryl methyl sites for hydroxylation is 1. The van der Waals surface area contributed by atoms with E-state index in [1.807, 2.05) is 0 Å². The number of ether oxygens (including phenoxy) is 1. The Morgan fingerprint density at radius 3 is 2.42 bits per heavy atom. The quantitative estimate of drug-likeness (QED) is 0.822. The van der Waals surface area contributed by atoms with Crippen molar-refractivity contribution in [3.05, 3.63) is 28.3 Å². The Hall–Kier alpha value is -1.06. The average Bonchev–Trinajstić information content (AvgIpc) is 2.40. The molecule has 0 saturated heterocycles. The molecule has 3 nitrogen and oxygen atoms in total. The molecule has 1 aromatic carbocycles. The molecule has 0 aromatic heterocycles. The molecule has 0 radical (unpaired) electrons. The van der Waals surface area contributed by atoms with Crippen LogP contribution in [-0.2, 0) is 6.42 Å². The zero-order chi connectivity index (χ0) is 14.4. The summed E-state index contributed by atoms with van der Waals surface area (Å²) in [5, 5.41) is 0. The molecule has 108 valence electrons. The van der Waals surface area contributed by atoms with Crippen molar-refractivity contribution in [2.75, 3.05) is 33.8 Å². The van der Waals surface area contributed by atoms with Gasteiger partial charge in [-0.15, -0.1) is 0 Å². The summed E-state index contributed by atoms with van der Waals surface area (Å²) >= 11 is 0. The summed E-state index contributed by atoms with van der Waals surface area (Å²) in [5.41, 5.74) is 10.9. The van der Waals surface area contributed by atoms with Gasteiger partial charge in [-0.05, 0) is 82.1 Å². The Balaban J connectivity index is 2.76. The minimum Gasteiger partial charge on any atom is -0.496 e. The summed E-state index contributed by atoms with van der Waals surface area (Å²) in [6.45, 7) is 9.42. The molecule has 0 aliphatic heterocycles. The molecule has 0 aliphatic rings. The lowest BCUT2D eigenvalue weighted by Gasteiger charge is -2.20. The fraction of sp³-hybridized carbons (Fsp3) is 0.625. The highest BCUT2D eigenvalue weighted by Gasteiger charge is 2.11. The van der Waals surface area contributed by atoms with Gasteiger partial charge in [0.1, 0.15) is 5.75 Å². The summed E-state index contributed by atoms with van der Waals surface area (Å²) in [5.74, 6) is 0.996. The molecule has 0 spiro atoms. The molecule has 1 aromatic rings. The fourth-order valence-corrected chi connectivity index (χ4v) is 2.47. The molecule has 0 bridgehead atoms. The molecule has 0 heterocycles. The van der Waals surface area contributed by atoms with Gasteiger partial charge in [0.15, 0.2) is 0 Å². The average molecular weight is 264 g/mol. The van der Waals surface area contributed by atoms with Crippen LogP contribution in [0, 0.1) is 20.8 Å². The maximum absolute atomic E-state index is 5.54. The van der Waals surface area contributed by atoms with Gasteiger partial charge in [-0.1, -0.05) is 0 Å². The lowest BCUT2D eigenvalue weighted by Crippen LogP contribution is -2.24. The van der Waals surface area contributed by atoms with E-state index in [0.29, 0.717) is 0 Å². The van der Waals surface area contributed by atoms with Gasteiger partial charge < -0.3 is 15.4 Å². The molecular weight excluding hydrogens is 236 g/mol. The Kier molecular flexibility index (Phi) is 6.32. The van der Waals surface area contributed by atoms with E-state index < -0.39 is 0 Å². The second-order valence-electron chi connectivity index (χ2n) is 5.32. The summed E-state index contributed by atoms with van der Waals surface area (Å²) in [4.78, 5) is 2.35. The lowest BCUT2D eigenvalue weighted by molar-refractivity contribution is 0.335. The number of likely N-dealkylation sites (N-methyl/N-ethyl adjacent to an activating group) is 1. The highest BCUT2D eigenvalue weighted by atomic mass is 16.5. The molecule has 1 rings (SSSR count). The zero-order valence-electron chi connectivity index (χ0n) is 13.0. The van der Waals surface area contributed by atoms with Gasteiger partial charge in [0.25, 0.3) is 0 Å². The summed E-state index contributed by atoms with van der Waals surface area (Å²) in [7, 11) is 3.90. The van der Waals surface area contributed by atoms with Gasteiger partial charge >= 0.3 is 0 Å². The van der Waals surface area contributed by atoms with Crippen LogP contribution >= 0.6 is 0 Å². The zero-order valence-corrected chi connectivity index (χ0v) is 13.0.